The molecule has 0 spiro atoms. The van der Waals surface area contributed by atoms with Crippen LogP contribution in [-0.4, -0.2) is 15.9 Å². The monoisotopic (exact) mass is 332 g/mol. The summed E-state index contributed by atoms with van der Waals surface area (Å²) in [4.78, 5) is 20.8. The van der Waals surface area contributed by atoms with Crippen molar-refractivity contribution in [2.45, 2.75) is 20.4 Å². The second kappa shape index (κ2) is 7.57. The van der Waals surface area contributed by atoms with Gasteiger partial charge >= 0.3 is 0 Å². The molecular formula is C20H20N4O. The number of aryl methyl sites for hydroxylation is 2. The first-order chi connectivity index (χ1) is 12.1. The van der Waals surface area contributed by atoms with Gasteiger partial charge in [0.2, 0.25) is 0 Å². The highest BCUT2D eigenvalue weighted by molar-refractivity contribution is 6.03. The van der Waals surface area contributed by atoms with Crippen LogP contribution in [0, 0.1) is 13.8 Å². The average Bonchev–Trinajstić information content (AvgIpc) is 2.64. The van der Waals surface area contributed by atoms with Gasteiger partial charge in [-0.15, -0.1) is 0 Å². The van der Waals surface area contributed by atoms with Crippen molar-refractivity contribution in [2.24, 2.45) is 0 Å². The molecule has 0 aliphatic heterocycles. The minimum atomic E-state index is -0.268. The molecule has 1 amide bonds. The number of rotatable bonds is 5. The molecule has 1 heterocycles. The van der Waals surface area contributed by atoms with Crippen molar-refractivity contribution in [1.82, 2.24) is 9.97 Å². The van der Waals surface area contributed by atoms with E-state index in [1.54, 1.807) is 6.20 Å². The van der Waals surface area contributed by atoms with Crippen molar-refractivity contribution in [2.75, 3.05) is 10.6 Å². The second-order valence-electron chi connectivity index (χ2n) is 5.90. The van der Waals surface area contributed by atoms with E-state index in [9.17, 15) is 4.79 Å². The standard InChI is InChI=1S/C20H20N4O/c1-14-8-9-15(2)17(10-14)24-20(25)18-12-23-19(13-21-18)22-11-16-6-4-3-5-7-16/h3-10,12-13H,11H2,1-2H3,(H,22,23)(H,24,25). The van der Waals surface area contributed by atoms with Crippen molar-refractivity contribution in [3.63, 3.8) is 0 Å². The highest BCUT2D eigenvalue weighted by Crippen LogP contribution is 2.17. The third-order valence-electron chi connectivity index (χ3n) is 3.84. The number of hydrogen-bond donors (Lipinski definition) is 2. The molecule has 1 aromatic heterocycles. The summed E-state index contributed by atoms with van der Waals surface area (Å²) in [6, 6.07) is 16.0. The van der Waals surface area contributed by atoms with E-state index in [1.807, 2.05) is 62.4 Å². The molecule has 0 radical (unpaired) electrons. The summed E-state index contributed by atoms with van der Waals surface area (Å²) in [5.41, 5.74) is 4.32. The number of anilines is 2. The third-order valence-corrected chi connectivity index (χ3v) is 3.84. The van der Waals surface area contributed by atoms with Crippen LogP contribution in [0.4, 0.5) is 11.5 Å². The van der Waals surface area contributed by atoms with Crippen molar-refractivity contribution in [1.29, 1.82) is 0 Å². The van der Waals surface area contributed by atoms with E-state index in [4.69, 9.17) is 0 Å². The number of hydrogen-bond acceptors (Lipinski definition) is 4. The van der Waals surface area contributed by atoms with E-state index >= 15 is 0 Å². The number of nitrogens with one attached hydrogen (secondary N) is 2. The predicted octanol–water partition coefficient (Wildman–Crippen LogP) is 3.96. The fourth-order valence-corrected chi connectivity index (χ4v) is 2.38. The van der Waals surface area contributed by atoms with Crippen molar-refractivity contribution >= 4 is 17.4 Å². The van der Waals surface area contributed by atoms with Crippen LogP contribution < -0.4 is 10.6 Å². The summed E-state index contributed by atoms with van der Waals surface area (Å²) in [7, 11) is 0. The normalized spacial score (nSPS) is 10.3. The van der Waals surface area contributed by atoms with Gasteiger partial charge in [0.1, 0.15) is 11.5 Å². The maximum atomic E-state index is 12.3. The Hall–Kier alpha value is -3.21. The first-order valence-electron chi connectivity index (χ1n) is 8.10. The predicted molar refractivity (Wildman–Crippen MR) is 99.7 cm³/mol. The second-order valence-corrected chi connectivity index (χ2v) is 5.90. The first kappa shape index (κ1) is 16.6. The topological polar surface area (TPSA) is 66.9 Å². The summed E-state index contributed by atoms with van der Waals surface area (Å²) in [6.07, 6.45) is 3.05. The zero-order valence-electron chi connectivity index (χ0n) is 14.3. The van der Waals surface area contributed by atoms with E-state index in [0.717, 1.165) is 22.4 Å². The molecule has 0 bridgehead atoms. The zero-order chi connectivity index (χ0) is 17.6. The fraction of sp³-hybridized carbons (Fsp3) is 0.150. The molecule has 2 N–H and O–H groups in total. The smallest absolute Gasteiger partial charge is 0.275 e. The maximum Gasteiger partial charge on any atom is 0.275 e. The lowest BCUT2D eigenvalue weighted by molar-refractivity contribution is 0.102. The van der Waals surface area contributed by atoms with Gasteiger partial charge < -0.3 is 10.6 Å². The van der Waals surface area contributed by atoms with E-state index < -0.39 is 0 Å². The lowest BCUT2D eigenvalue weighted by Crippen LogP contribution is -2.15. The molecule has 0 atom stereocenters. The third kappa shape index (κ3) is 4.41. The Morgan fingerprint density at radius 1 is 1.00 bits per heavy atom. The van der Waals surface area contributed by atoms with Gasteiger partial charge in [0.05, 0.1) is 12.4 Å². The highest BCUT2D eigenvalue weighted by atomic mass is 16.1. The number of amides is 1. The molecule has 0 unspecified atom stereocenters. The Labute approximate surface area is 147 Å². The molecule has 3 aromatic rings. The summed E-state index contributed by atoms with van der Waals surface area (Å²) >= 11 is 0. The summed E-state index contributed by atoms with van der Waals surface area (Å²) in [5.74, 6) is 0.364. The number of carbonyl (C=O) groups excluding carboxylic acids is 1. The van der Waals surface area contributed by atoms with E-state index in [-0.39, 0.29) is 11.6 Å². The van der Waals surface area contributed by atoms with Gasteiger partial charge in [0.25, 0.3) is 5.91 Å². The van der Waals surface area contributed by atoms with Crippen molar-refractivity contribution in [3.8, 4) is 0 Å². The average molecular weight is 332 g/mol. The minimum absolute atomic E-state index is 0.268. The highest BCUT2D eigenvalue weighted by Gasteiger charge is 2.10. The molecule has 0 saturated heterocycles. The lowest BCUT2D eigenvalue weighted by Gasteiger charge is -2.09. The number of nitrogens with zero attached hydrogens (tertiary/aromatic N) is 2. The summed E-state index contributed by atoms with van der Waals surface area (Å²) in [5, 5.41) is 6.07. The molecule has 0 fully saturated rings. The largest absolute Gasteiger partial charge is 0.365 e. The minimum Gasteiger partial charge on any atom is -0.365 e. The summed E-state index contributed by atoms with van der Waals surface area (Å²) in [6.45, 7) is 4.60. The van der Waals surface area contributed by atoms with Gasteiger partial charge in [0, 0.05) is 12.2 Å². The fourth-order valence-electron chi connectivity index (χ4n) is 2.38. The quantitative estimate of drug-likeness (QED) is 0.742. The van der Waals surface area contributed by atoms with Crippen LogP contribution in [0.3, 0.4) is 0 Å². The van der Waals surface area contributed by atoms with Crippen LogP contribution in [-0.2, 0) is 6.54 Å². The van der Waals surface area contributed by atoms with E-state index in [2.05, 4.69) is 20.6 Å². The van der Waals surface area contributed by atoms with E-state index in [0.29, 0.717) is 12.4 Å². The zero-order valence-corrected chi connectivity index (χ0v) is 14.3. The van der Waals surface area contributed by atoms with Gasteiger partial charge in [-0.3, -0.25) is 4.79 Å². The Morgan fingerprint density at radius 2 is 1.80 bits per heavy atom. The number of aromatic nitrogens is 2. The molecular weight excluding hydrogens is 312 g/mol. The molecule has 2 aromatic carbocycles. The van der Waals surface area contributed by atoms with Crippen molar-refractivity contribution < 1.29 is 4.79 Å². The van der Waals surface area contributed by atoms with Gasteiger partial charge in [-0.2, -0.15) is 0 Å². The Balaban J connectivity index is 1.63. The van der Waals surface area contributed by atoms with Crippen LogP contribution in [0.2, 0.25) is 0 Å². The Kier molecular flexibility index (Phi) is 5.04. The van der Waals surface area contributed by atoms with Gasteiger partial charge in [-0.1, -0.05) is 42.5 Å². The lowest BCUT2D eigenvalue weighted by atomic mass is 10.1. The molecule has 3 rings (SSSR count). The van der Waals surface area contributed by atoms with Crippen LogP contribution in [0.5, 0.6) is 0 Å². The summed E-state index contributed by atoms with van der Waals surface area (Å²) < 4.78 is 0. The molecule has 5 heteroatoms. The van der Waals surface area contributed by atoms with Gasteiger partial charge in [-0.25, -0.2) is 9.97 Å². The Morgan fingerprint density at radius 3 is 2.52 bits per heavy atom. The number of benzene rings is 2. The van der Waals surface area contributed by atoms with Crippen LogP contribution >= 0.6 is 0 Å². The van der Waals surface area contributed by atoms with E-state index in [1.165, 1.54) is 6.20 Å². The van der Waals surface area contributed by atoms with Gasteiger partial charge in [0.15, 0.2) is 0 Å². The molecule has 25 heavy (non-hydrogen) atoms. The van der Waals surface area contributed by atoms with Crippen LogP contribution in [0.15, 0.2) is 60.9 Å². The number of carbonyl (C=O) groups is 1. The SMILES string of the molecule is Cc1ccc(C)c(NC(=O)c2cnc(NCc3ccccc3)cn2)c1. The molecule has 0 aliphatic carbocycles. The van der Waals surface area contributed by atoms with Gasteiger partial charge in [-0.05, 0) is 36.6 Å². The molecule has 5 nitrogen and oxygen atoms in total. The maximum absolute atomic E-state index is 12.3. The molecule has 0 aliphatic rings. The molecule has 0 saturated carbocycles. The first-order valence-corrected chi connectivity index (χ1v) is 8.10. The Bertz CT molecular complexity index is 861. The van der Waals surface area contributed by atoms with Crippen LogP contribution in [0.25, 0.3) is 0 Å². The molecule has 126 valence electrons. The van der Waals surface area contributed by atoms with Crippen LogP contribution in [0.1, 0.15) is 27.2 Å². The van der Waals surface area contributed by atoms with Crippen molar-refractivity contribution in [3.05, 3.63) is 83.3 Å².